The van der Waals surface area contributed by atoms with E-state index < -0.39 is 0 Å². The molecular weight excluding hydrogens is 228 g/mol. The summed E-state index contributed by atoms with van der Waals surface area (Å²) in [6.07, 6.45) is 1.83. The Bertz CT molecular complexity index is 490. The minimum atomic E-state index is 0.515. The summed E-state index contributed by atoms with van der Waals surface area (Å²) in [5.74, 6) is 1.38. The molecule has 0 amide bonds. The van der Waals surface area contributed by atoms with E-state index in [9.17, 15) is 0 Å². The molecule has 2 N–H and O–H groups in total. The maximum atomic E-state index is 5.62. The van der Waals surface area contributed by atoms with Crippen molar-refractivity contribution in [1.82, 2.24) is 14.7 Å². The molecule has 0 unspecified atom stereocenters. The van der Waals surface area contributed by atoms with Gasteiger partial charge >= 0.3 is 0 Å². The topological polar surface area (TPSA) is 56.3 Å². The van der Waals surface area contributed by atoms with Gasteiger partial charge in [0.05, 0.1) is 5.69 Å². The van der Waals surface area contributed by atoms with Gasteiger partial charge in [-0.15, -0.1) is 0 Å². The zero-order valence-corrected chi connectivity index (χ0v) is 10.7. The summed E-state index contributed by atoms with van der Waals surface area (Å²) in [4.78, 5) is 2.08. The third kappa shape index (κ3) is 3.24. The van der Waals surface area contributed by atoms with Crippen molar-refractivity contribution in [2.75, 3.05) is 33.0 Å². The molecule has 1 aromatic carbocycles. The van der Waals surface area contributed by atoms with E-state index in [4.69, 9.17) is 10.5 Å². The second kappa shape index (κ2) is 5.55. The Morgan fingerprint density at radius 3 is 2.50 bits per heavy atom. The highest BCUT2D eigenvalue weighted by molar-refractivity contribution is 5.38. The van der Waals surface area contributed by atoms with Crippen molar-refractivity contribution in [3.63, 3.8) is 0 Å². The Labute approximate surface area is 107 Å². The zero-order valence-electron chi connectivity index (χ0n) is 10.7. The standard InChI is InChI=1S/C13H18N4O/c1-16(2)9-10-18-12-5-3-11(4-6-12)17-8-7-13(14)15-17/h3-8H,9-10H2,1-2H3,(H2,14,15). The Morgan fingerprint density at radius 2 is 1.94 bits per heavy atom. The number of aromatic nitrogens is 2. The van der Waals surface area contributed by atoms with E-state index in [1.165, 1.54) is 0 Å². The summed E-state index contributed by atoms with van der Waals surface area (Å²) >= 11 is 0. The van der Waals surface area contributed by atoms with Crippen LogP contribution in [0.4, 0.5) is 5.82 Å². The van der Waals surface area contributed by atoms with Crippen LogP contribution in [0.1, 0.15) is 0 Å². The van der Waals surface area contributed by atoms with Gasteiger partial charge in [0, 0.05) is 18.8 Å². The molecule has 1 heterocycles. The summed E-state index contributed by atoms with van der Waals surface area (Å²) in [6, 6.07) is 9.54. The molecule has 5 nitrogen and oxygen atoms in total. The second-order valence-corrected chi connectivity index (χ2v) is 4.33. The van der Waals surface area contributed by atoms with Crippen molar-refractivity contribution < 1.29 is 4.74 Å². The molecule has 0 bridgehead atoms. The summed E-state index contributed by atoms with van der Waals surface area (Å²) in [5.41, 5.74) is 6.54. The van der Waals surface area contributed by atoms with E-state index in [2.05, 4.69) is 10.00 Å². The van der Waals surface area contributed by atoms with Gasteiger partial charge < -0.3 is 15.4 Å². The molecular formula is C13H18N4O. The van der Waals surface area contributed by atoms with Crippen LogP contribution >= 0.6 is 0 Å². The molecule has 0 aliphatic heterocycles. The molecule has 18 heavy (non-hydrogen) atoms. The number of ether oxygens (including phenoxy) is 1. The predicted octanol–water partition coefficient (Wildman–Crippen LogP) is 1.39. The van der Waals surface area contributed by atoms with Crippen molar-refractivity contribution in [2.24, 2.45) is 0 Å². The number of nitrogen functional groups attached to an aromatic ring is 1. The number of rotatable bonds is 5. The average Bonchev–Trinajstić information content (AvgIpc) is 2.76. The lowest BCUT2D eigenvalue weighted by molar-refractivity contribution is 0.261. The fourth-order valence-electron chi connectivity index (χ4n) is 1.52. The number of anilines is 1. The van der Waals surface area contributed by atoms with Crippen LogP contribution in [0.5, 0.6) is 5.75 Å². The first-order chi connectivity index (χ1) is 8.65. The number of benzene rings is 1. The Kier molecular flexibility index (Phi) is 3.84. The van der Waals surface area contributed by atoms with Crippen LogP contribution in [-0.2, 0) is 0 Å². The zero-order chi connectivity index (χ0) is 13.0. The van der Waals surface area contributed by atoms with E-state index in [0.717, 1.165) is 18.0 Å². The largest absolute Gasteiger partial charge is 0.492 e. The first-order valence-electron chi connectivity index (χ1n) is 5.84. The highest BCUT2D eigenvalue weighted by atomic mass is 16.5. The van der Waals surface area contributed by atoms with Gasteiger partial charge in [-0.1, -0.05) is 0 Å². The lowest BCUT2D eigenvalue weighted by Gasteiger charge is -2.11. The third-order valence-electron chi connectivity index (χ3n) is 2.52. The van der Waals surface area contributed by atoms with Crippen molar-refractivity contribution in [3.8, 4) is 11.4 Å². The van der Waals surface area contributed by atoms with Crippen LogP contribution in [0, 0.1) is 0 Å². The van der Waals surface area contributed by atoms with Crippen LogP contribution in [0.25, 0.3) is 5.69 Å². The molecule has 5 heteroatoms. The molecule has 0 aliphatic rings. The Hall–Kier alpha value is -2.01. The van der Waals surface area contributed by atoms with Crippen LogP contribution in [0.2, 0.25) is 0 Å². The molecule has 2 aromatic rings. The summed E-state index contributed by atoms with van der Waals surface area (Å²) in [7, 11) is 4.04. The monoisotopic (exact) mass is 246 g/mol. The van der Waals surface area contributed by atoms with Crippen molar-refractivity contribution in [3.05, 3.63) is 36.5 Å². The first-order valence-corrected chi connectivity index (χ1v) is 5.84. The van der Waals surface area contributed by atoms with E-state index in [1.54, 1.807) is 10.7 Å². The van der Waals surface area contributed by atoms with Gasteiger partial charge in [-0.05, 0) is 38.4 Å². The minimum Gasteiger partial charge on any atom is -0.492 e. The van der Waals surface area contributed by atoms with Gasteiger partial charge in [0.25, 0.3) is 0 Å². The summed E-state index contributed by atoms with van der Waals surface area (Å²) in [6.45, 7) is 1.58. The maximum Gasteiger partial charge on any atom is 0.145 e. The van der Waals surface area contributed by atoms with E-state index in [0.29, 0.717) is 12.4 Å². The lowest BCUT2D eigenvalue weighted by atomic mass is 10.3. The maximum absolute atomic E-state index is 5.62. The SMILES string of the molecule is CN(C)CCOc1ccc(-n2ccc(N)n2)cc1. The van der Waals surface area contributed by atoms with Crippen LogP contribution in [0.15, 0.2) is 36.5 Å². The van der Waals surface area contributed by atoms with E-state index in [1.807, 2.05) is 44.6 Å². The van der Waals surface area contributed by atoms with Gasteiger partial charge in [-0.3, -0.25) is 0 Å². The van der Waals surface area contributed by atoms with Crippen molar-refractivity contribution >= 4 is 5.82 Å². The van der Waals surface area contributed by atoms with Gasteiger partial charge in [-0.25, -0.2) is 4.68 Å². The van der Waals surface area contributed by atoms with Gasteiger partial charge in [0.15, 0.2) is 0 Å². The van der Waals surface area contributed by atoms with Crippen molar-refractivity contribution in [1.29, 1.82) is 0 Å². The fraction of sp³-hybridized carbons (Fsp3) is 0.308. The lowest BCUT2D eigenvalue weighted by Crippen LogP contribution is -2.19. The fourth-order valence-corrected chi connectivity index (χ4v) is 1.52. The minimum absolute atomic E-state index is 0.515. The van der Waals surface area contributed by atoms with Crippen LogP contribution in [-0.4, -0.2) is 41.9 Å². The molecule has 0 fully saturated rings. The van der Waals surface area contributed by atoms with E-state index in [-0.39, 0.29) is 0 Å². The highest BCUT2D eigenvalue weighted by Gasteiger charge is 1.99. The first kappa shape index (κ1) is 12.4. The molecule has 0 radical (unpaired) electrons. The highest BCUT2D eigenvalue weighted by Crippen LogP contribution is 2.15. The average molecular weight is 246 g/mol. The van der Waals surface area contributed by atoms with Gasteiger partial charge in [0.2, 0.25) is 0 Å². The molecule has 0 atom stereocenters. The molecule has 1 aromatic heterocycles. The van der Waals surface area contributed by atoms with Crippen LogP contribution in [0.3, 0.4) is 0 Å². The summed E-state index contributed by atoms with van der Waals surface area (Å²) in [5, 5.41) is 4.14. The third-order valence-corrected chi connectivity index (χ3v) is 2.52. The van der Waals surface area contributed by atoms with E-state index >= 15 is 0 Å². The molecule has 0 spiro atoms. The molecule has 0 saturated carbocycles. The summed E-state index contributed by atoms with van der Waals surface area (Å²) < 4.78 is 7.35. The smallest absolute Gasteiger partial charge is 0.145 e. The number of hydrogen-bond donors (Lipinski definition) is 1. The Balaban J connectivity index is 1.97. The number of nitrogens with zero attached hydrogens (tertiary/aromatic N) is 3. The molecule has 0 saturated heterocycles. The predicted molar refractivity (Wildman–Crippen MR) is 72.0 cm³/mol. The van der Waals surface area contributed by atoms with Crippen molar-refractivity contribution in [2.45, 2.75) is 0 Å². The number of likely N-dealkylation sites (N-methyl/N-ethyl adjacent to an activating group) is 1. The van der Waals surface area contributed by atoms with Gasteiger partial charge in [-0.2, -0.15) is 5.10 Å². The van der Waals surface area contributed by atoms with Gasteiger partial charge in [0.1, 0.15) is 18.2 Å². The number of hydrogen-bond acceptors (Lipinski definition) is 4. The van der Waals surface area contributed by atoms with Crippen LogP contribution < -0.4 is 10.5 Å². The second-order valence-electron chi connectivity index (χ2n) is 4.33. The quantitative estimate of drug-likeness (QED) is 0.866. The Morgan fingerprint density at radius 1 is 1.22 bits per heavy atom. The molecule has 96 valence electrons. The molecule has 2 rings (SSSR count). The molecule has 0 aliphatic carbocycles. The normalized spacial score (nSPS) is 10.8. The number of nitrogens with two attached hydrogens (primary N) is 1.